The zero-order chi connectivity index (χ0) is 12.5. The summed E-state index contributed by atoms with van der Waals surface area (Å²) in [6.07, 6.45) is 5.21. The summed E-state index contributed by atoms with van der Waals surface area (Å²) in [5.41, 5.74) is 1.58. The predicted octanol–water partition coefficient (Wildman–Crippen LogP) is 5.48. The van der Waals surface area contributed by atoms with Gasteiger partial charge >= 0.3 is 0 Å². The lowest BCUT2D eigenvalue weighted by molar-refractivity contribution is 0.136. The largest absolute Gasteiger partial charge is 0.207 e. The van der Waals surface area contributed by atoms with Gasteiger partial charge in [-0.1, -0.05) is 54.8 Å². The van der Waals surface area contributed by atoms with Gasteiger partial charge in [0.15, 0.2) is 0 Å². The van der Waals surface area contributed by atoms with Crippen LogP contribution in [-0.2, 0) is 0 Å². The number of halogens is 2. The van der Waals surface area contributed by atoms with E-state index in [4.69, 9.17) is 0 Å². The van der Waals surface area contributed by atoms with Gasteiger partial charge < -0.3 is 0 Å². The second-order valence-corrected chi connectivity index (χ2v) is 6.78. The SMILES string of the molecule is CC1(C)CCCCC1C(Br)c1ccc(F)cc1. The van der Waals surface area contributed by atoms with Gasteiger partial charge in [0.05, 0.1) is 0 Å². The van der Waals surface area contributed by atoms with Crippen LogP contribution in [0.2, 0.25) is 0 Å². The third-order valence-electron chi connectivity index (χ3n) is 4.13. The van der Waals surface area contributed by atoms with Crippen molar-refractivity contribution >= 4 is 15.9 Å². The van der Waals surface area contributed by atoms with Crippen molar-refractivity contribution in [2.24, 2.45) is 11.3 Å². The van der Waals surface area contributed by atoms with Gasteiger partial charge in [-0.25, -0.2) is 4.39 Å². The first-order chi connectivity index (χ1) is 8.00. The molecule has 1 aromatic rings. The van der Waals surface area contributed by atoms with E-state index in [1.54, 1.807) is 12.1 Å². The first kappa shape index (κ1) is 13.1. The molecular formula is C15H20BrF. The van der Waals surface area contributed by atoms with Gasteiger partial charge in [-0.15, -0.1) is 0 Å². The molecule has 1 aliphatic rings. The Morgan fingerprint density at radius 1 is 1.24 bits per heavy atom. The molecule has 1 fully saturated rings. The first-order valence-corrected chi connectivity index (χ1v) is 7.32. The molecule has 1 saturated carbocycles. The van der Waals surface area contributed by atoms with Crippen LogP contribution in [0.15, 0.2) is 24.3 Å². The van der Waals surface area contributed by atoms with Crippen molar-refractivity contribution in [2.45, 2.75) is 44.4 Å². The minimum atomic E-state index is -0.156. The van der Waals surface area contributed by atoms with Crippen molar-refractivity contribution in [1.29, 1.82) is 0 Å². The van der Waals surface area contributed by atoms with E-state index in [9.17, 15) is 4.39 Å². The lowest BCUT2D eigenvalue weighted by atomic mass is 9.67. The van der Waals surface area contributed by atoms with Gasteiger partial charge in [0.25, 0.3) is 0 Å². The Kier molecular flexibility index (Phi) is 3.92. The van der Waals surface area contributed by atoms with E-state index in [0.29, 0.717) is 16.2 Å². The highest BCUT2D eigenvalue weighted by Gasteiger charge is 2.36. The summed E-state index contributed by atoms with van der Waals surface area (Å²) >= 11 is 3.83. The van der Waals surface area contributed by atoms with Crippen LogP contribution in [0.25, 0.3) is 0 Å². The molecule has 1 aromatic carbocycles. The smallest absolute Gasteiger partial charge is 0.123 e. The molecule has 0 heterocycles. The van der Waals surface area contributed by atoms with E-state index in [1.807, 2.05) is 12.1 Å². The van der Waals surface area contributed by atoms with Crippen molar-refractivity contribution in [2.75, 3.05) is 0 Å². The fourth-order valence-corrected chi connectivity index (χ4v) is 4.23. The van der Waals surface area contributed by atoms with Crippen LogP contribution >= 0.6 is 15.9 Å². The molecule has 0 spiro atoms. The number of alkyl halides is 1. The van der Waals surface area contributed by atoms with Gasteiger partial charge in [0.2, 0.25) is 0 Å². The standard InChI is InChI=1S/C15H20BrF/c1-15(2)10-4-3-5-13(15)14(16)11-6-8-12(17)9-7-11/h6-9,13-14H,3-5,10H2,1-2H3. The summed E-state index contributed by atoms with van der Waals surface area (Å²) in [7, 11) is 0. The molecule has 94 valence electrons. The highest BCUT2D eigenvalue weighted by atomic mass is 79.9. The molecule has 2 rings (SSSR count). The van der Waals surface area contributed by atoms with E-state index in [2.05, 4.69) is 29.8 Å². The number of rotatable bonds is 2. The quantitative estimate of drug-likeness (QED) is 0.634. The average Bonchev–Trinajstić information content (AvgIpc) is 2.28. The third-order valence-corrected chi connectivity index (χ3v) is 5.30. The first-order valence-electron chi connectivity index (χ1n) is 6.40. The van der Waals surface area contributed by atoms with Crippen molar-refractivity contribution in [3.05, 3.63) is 35.6 Å². The highest BCUT2D eigenvalue weighted by Crippen LogP contribution is 2.49. The van der Waals surface area contributed by atoms with Crippen LogP contribution < -0.4 is 0 Å². The van der Waals surface area contributed by atoms with E-state index in [1.165, 1.54) is 31.2 Å². The molecule has 1 aliphatic carbocycles. The zero-order valence-corrected chi connectivity index (χ0v) is 12.1. The molecule has 2 heteroatoms. The number of hydrogen-bond acceptors (Lipinski definition) is 0. The molecule has 0 aliphatic heterocycles. The monoisotopic (exact) mass is 298 g/mol. The van der Waals surface area contributed by atoms with Crippen molar-refractivity contribution in [3.63, 3.8) is 0 Å². The second kappa shape index (κ2) is 5.09. The van der Waals surface area contributed by atoms with Crippen LogP contribution in [0, 0.1) is 17.2 Å². The summed E-state index contributed by atoms with van der Waals surface area (Å²) in [5, 5.41) is 0. The Bertz CT molecular complexity index is 369. The molecule has 0 N–H and O–H groups in total. The van der Waals surface area contributed by atoms with Gasteiger partial charge in [-0.05, 0) is 41.9 Å². The van der Waals surface area contributed by atoms with Crippen molar-refractivity contribution < 1.29 is 4.39 Å². The molecule has 17 heavy (non-hydrogen) atoms. The molecule has 2 unspecified atom stereocenters. The molecule has 0 aromatic heterocycles. The van der Waals surface area contributed by atoms with Crippen LogP contribution in [0.5, 0.6) is 0 Å². The van der Waals surface area contributed by atoms with Crippen LogP contribution in [0.3, 0.4) is 0 Å². The minimum Gasteiger partial charge on any atom is -0.207 e. The average molecular weight is 299 g/mol. The highest BCUT2D eigenvalue weighted by molar-refractivity contribution is 9.09. The maximum atomic E-state index is 12.9. The second-order valence-electron chi connectivity index (χ2n) is 5.79. The molecule has 0 saturated heterocycles. The fourth-order valence-electron chi connectivity index (χ4n) is 2.94. The third kappa shape index (κ3) is 2.90. The van der Waals surface area contributed by atoms with Crippen LogP contribution in [0.4, 0.5) is 4.39 Å². The Morgan fingerprint density at radius 2 is 1.88 bits per heavy atom. The zero-order valence-electron chi connectivity index (χ0n) is 10.5. The van der Waals surface area contributed by atoms with Crippen LogP contribution in [-0.4, -0.2) is 0 Å². The summed E-state index contributed by atoms with van der Waals surface area (Å²) in [6.45, 7) is 4.71. The van der Waals surface area contributed by atoms with E-state index >= 15 is 0 Å². The Labute approximate surface area is 112 Å². The molecule has 0 radical (unpaired) electrons. The van der Waals surface area contributed by atoms with Gasteiger partial charge in [-0.3, -0.25) is 0 Å². The van der Waals surface area contributed by atoms with Gasteiger partial charge in [0, 0.05) is 4.83 Å². The van der Waals surface area contributed by atoms with Gasteiger partial charge in [-0.2, -0.15) is 0 Å². The molecule has 0 bridgehead atoms. The number of benzene rings is 1. The summed E-state index contributed by atoms with van der Waals surface area (Å²) in [5.74, 6) is 0.484. The fraction of sp³-hybridized carbons (Fsp3) is 0.600. The topological polar surface area (TPSA) is 0 Å². The van der Waals surface area contributed by atoms with E-state index in [0.717, 1.165) is 0 Å². The molecule has 2 atom stereocenters. The lowest BCUT2D eigenvalue weighted by Gasteiger charge is -2.41. The lowest BCUT2D eigenvalue weighted by Crippen LogP contribution is -2.30. The van der Waals surface area contributed by atoms with E-state index in [-0.39, 0.29) is 5.82 Å². The predicted molar refractivity (Wildman–Crippen MR) is 73.8 cm³/mol. The molecule has 0 nitrogen and oxygen atoms in total. The van der Waals surface area contributed by atoms with Gasteiger partial charge in [0.1, 0.15) is 5.82 Å². The summed E-state index contributed by atoms with van der Waals surface area (Å²) in [4.78, 5) is 0.346. The maximum Gasteiger partial charge on any atom is 0.123 e. The summed E-state index contributed by atoms with van der Waals surface area (Å²) < 4.78 is 12.9. The normalized spacial score (nSPS) is 25.5. The minimum absolute atomic E-state index is 0.156. The molecule has 0 amide bonds. The van der Waals surface area contributed by atoms with Crippen molar-refractivity contribution in [3.8, 4) is 0 Å². The number of hydrogen-bond donors (Lipinski definition) is 0. The Morgan fingerprint density at radius 3 is 2.47 bits per heavy atom. The maximum absolute atomic E-state index is 12.9. The van der Waals surface area contributed by atoms with E-state index < -0.39 is 0 Å². The Hall–Kier alpha value is -0.370. The molecular weight excluding hydrogens is 279 g/mol. The van der Waals surface area contributed by atoms with Crippen molar-refractivity contribution in [1.82, 2.24) is 0 Å². The Balaban J connectivity index is 2.18. The summed E-state index contributed by atoms with van der Waals surface area (Å²) in [6, 6.07) is 6.91. The van der Waals surface area contributed by atoms with Crippen LogP contribution in [0.1, 0.15) is 49.9 Å².